The van der Waals surface area contributed by atoms with Gasteiger partial charge in [-0.05, 0) is 18.2 Å². The van der Waals surface area contributed by atoms with Crippen LogP contribution in [0.4, 0.5) is 13.2 Å². The Bertz CT molecular complexity index is 592. The van der Waals surface area contributed by atoms with Crippen molar-refractivity contribution in [1.82, 2.24) is 9.97 Å². The van der Waals surface area contributed by atoms with Gasteiger partial charge in [0.05, 0.1) is 30.8 Å². The van der Waals surface area contributed by atoms with Crippen molar-refractivity contribution in [3.8, 4) is 5.75 Å². The van der Waals surface area contributed by atoms with Gasteiger partial charge in [-0.25, -0.2) is 4.98 Å². The molecule has 0 unspecified atom stereocenters. The molecule has 0 fully saturated rings. The number of carbonyl (C=O) groups excluding carboxylic acids is 1. The van der Waals surface area contributed by atoms with Gasteiger partial charge >= 0.3 is 6.18 Å². The third-order valence-electron chi connectivity index (χ3n) is 2.52. The molecule has 0 saturated carbocycles. The van der Waals surface area contributed by atoms with Crippen molar-refractivity contribution in [3.63, 3.8) is 0 Å². The average Bonchev–Trinajstić information content (AvgIpc) is 2.90. The number of imidazole rings is 1. The van der Waals surface area contributed by atoms with Gasteiger partial charge in [0.25, 0.3) is 0 Å². The van der Waals surface area contributed by atoms with Crippen molar-refractivity contribution >= 4 is 5.78 Å². The van der Waals surface area contributed by atoms with Gasteiger partial charge in [-0.1, -0.05) is 0 Å². The van der Waals surface area contributed by atoms with Crippen molar-refractivity contribution in [1.29, 1.82) is 0 Å². The highest BCUT2D eigenvalue weighted by molar-refractivity contribution is 6.09. The number of nitrogens with zero attached hydrogens (tertiary/aromatic N) is 1. The molecule has 0 bridgehead atoms. The summed E-state index contributed by atoms with van der Waals surface area (Å²) in [4.78, 5) is 18.3. The highest BCUT2D eigenvalue weighted by Crippen LogP contribution is 2.33. The van der Waals surface area contributed by atoms with E-state index in [-0.39, 0.29) is 17.0 Å². The Morgan fingerprint density at radius 1 is 1.37 bits per heavy atom. The van der Waals surface area contributed by atoms with Gasteiger partial charge in [0.1, 0.15) is 11.4 Å². The van der Waals surface area contributed by atoms with Crippen LogP contribution in [0.1, 0.15) is 21.6 Å². The van der Waals surface area contributed by atoms with Gasteiger partial charge in [0.15, 0.2) is 0 Å². The molecule has 1 aromatic carbocycles. The Kier molecular flexibility index (Phi) is 3.28. The summed E-state index contributed by atoms with van der Waals surface area (Å²) in [6.45, 7) is 0. The van der Waals surface area contributed by atoms with Gasteiger partial charge < -0.3 is 9.72 Å². The molecule has 0 saturated heterocycles. The zero-order valence-electron chi connectivity index (χ0n) is 9.78. The molecule has 0 radical (unpaired) electrons. The van der Waals surface area contributed by atoms with Crippen LogP contribution in [0.15, 0.2) is 30.7 Å². The molecule has 0 amide bonds. The largest absolute Gasteiger partial charge is 0.496 e. The van der Waals surface area contributed by atoms with Crippen LogP contribution in [0.25, 0.3) is 0 Å². The highest BCUT2D eigenvalue weighted by atomic mass is 19.4. The summed E-state index contributed by atoms with van der Waals surface area (Å²) in [5.74, 6) is -0.613. The number of aromatic amines is 1. The van der Waals surface area contributed by atoms with Gasteiger partial charge in [-0.15, -0.1) is 0 Å². The van der Waals surface area contributed by atoms with Crippen LogP contribution in [0.2, 0.25) is 0 Å². The summed E-state index contributed by atoms with van der Waals surface area (Å²) < 4.78 is 42.5. The molecule has 2 aromatic rings. The number of hydrogen-bond donors (Lipinski definition) is 1. The minimum absolute atomic E-state index is 0.0414. The van der Waals surface area contributed by atoms with Crippen molar-refractivity contribution in [3.05, 3.63) is 47.5 Å². The maximum Gasteiger partial charge on any atom is 0.416 e. The minimum atomic E-state index is -4.48. The number of halogens is 3. The molecule has 4 nitrogen and oxygen atoms in total. The van der Waals surface area contributed by atoms with Gasteiger partial charge in [-0.2, -0.15) is 13.2 Å². The smallest absolute Gasteiger partial charge is 0.416 e. The Hall–Kier alpha value is -2.31. The molecule has 2 rings (SSSR count). The number of benzene rings is 1. The van der Waals surface area contributed by atoms with Crippen LogP contribution in [-0.2, 0) is 6.18 Å². The van der Waals surface area contributed by atoms with E-state index >= 15 is 0 Å². The van der Waals surface area contributed by atoms with E-state index in [0.29, 0.717) is 0 Å². The maximum absolute atomic E-state index is 12.6. The first-order valence-corrected chi connectivity index (χ1v) is 5.22. The molecule has 1 heterocycles. The van der Waals surface area contributed by atoms with Crippen molar-refractivity contribution in [2.75, 3.05) is 7.11 Å². The first kappa shape index (κ1) is 13.1. The molecular weight excluding hydrogens is 261 g/mol. The lowest BCUT2D eigenvalue weighted by Crippen LogP contribution is -2.09. The van der Waals surface area contributed by atoms with Crippen LogP contribution < -0.4 is 4.74 Å². The lowest BCUT2D eigenvalue weighted by molar-refractivity contribution is -0.137. The molecule has 0 spiro atoms. The molecule has 0 aliphatic rings. The second-order valence-electron chi connectivity index (χ2n) is 3.71. The number of carbonyl (C=O) groups is 1. The van der Waals surface area contributed by atoms with Gasteiger partial charge in [-0.3, -0.25) is 4.79 Å². The molecular formula is C12H9F3N2O2. The minimum Gasteiger partial charge on any atom is -0.496 e. The van der Waals surface area contributed by atoms with E-state index in [0.717, 1.165) is 18.2 Å². The van der Waals surface area contributed by atoms with Crippen LogP contribution >= 0.6 is 0 Å². The van der Waals surface area contributed by atoms with Crippen LogP contribution in [-0.4, -0.2) is 22.9 Å². The predicted molar refractivity (Wildman–Crippen MR) is 60.0 cm³/mol. The maximum atomic E-state index is 12.6. The van der Waals surface area contributed by atoms with E-state index in [4.69, 9.17) is 4.74 Å². The van der Waals surface area contributed by atoms with E-state index in [1.54, 1.807) is 0 Å². The Balaban J connectivity index is 2.45. The van der Waals surface area contributed by atoms with Crippen molar-refractivity contribution < 1.29 is 22.7 Å². The zero-order valence-corrected chi connectivity index (χ0v) is 9.78. The number of nitrogens with one attached hydrogen (secondary N) is 1. The molecule has 100 valence electrons. The quantitative estimate of drug-likeness (QED) is 0.872. The second-order valence-corrected chi connectivity index (χ2v) is 3.71. The highest BCUT2D eigenvalue weighted by Gasteiger charge is 2.32. The van der Waals surface area contributed by atoms with Crippen molar-refractivity contribution in [2.24, 2.45) is 0 Å². The monoisotopic (exact) mass is 270 g/mol. The summed E-state index contributed by atoms with van der Waals surface area (Å²) in [7, 11) is 1.21. The second kappa shape index (κ2) is 4.75. The van der Waals surface area contributed by atoms with Crippen LogP contribution in [0, 0.1) is 0 Å². The fourth-order valence-electron chi connectivity index (χ4n) is 1.58. The summed E-state index contributed by atoms with van der Waals surface area (Å²) in [6.07, 6.45) is -1.88. The molecule has 19 heavy (non-hydrogen) atoms. The summed E-state index contributed by atoms with van der Waals surface area (Å²) in [5, 5.41) is 0. The normalized spacial score (nSPS) is 11.4. The number of rotatable bonds is 3. The number of ketones is 1. The Labute approximate surface area is 106 Å². The summed E-state index contributed by atoms with van der Waals surface area (Å²) in [6, 6.07) is 2.72. The van der Waals surface area contributed by atoms with Gasteiger partial charge in [0.2, 0.25) is 5.78 Å². The molecule has 0 aliphatic carbocycles. The fraction of sp³-hybridized carbons (Fsp3) is 0.167. The third-order valence-corrected chi connectivity index (χ3v) is 2.52. The van der Waals surface area contributed by atoms with Crippen LogP contribution in [0.5, 0.6) is 5.75 Å². The molecule has 0 aliphatic heterocycles. The van der Waals surface area contributed by atoms with E-state index in [1.807, 2.05) is 0 Å². The van der Waals surface area contributed by atoms with E-state index in [9.17, 15) is 18.0 Å². The van der Waals surface area contributed by atoms with E-state index < -0.39 is 17.5 Å². The number of H-pyrrole nitrogens is 1. The lowest BCUT2D eigenvalue weighted by Gasteiger charge is -2.11. The predicted octanol–water partition coefficient (Wildman–Crippen LogP) is 2.67. The SMILES string of the molecule is COc1cc(C(F)(F)F)ccc1C(=O)c1cnc[nH]1. The third kappa shape index (κ3) is 2.59. The molecule has 1 N–H and O–H groups in total. The number of aromatic nitrogens is 2. The van der Waals surface area contributed by atoms with E-state index in [1.165, 1.54) is 19.6 Å². The first-order valence-electron chi connectivity index (χ1n) is 5.22. The Morgan fingerprint density at radius 3 is 2.63 bits per heavy atom. The number of ether oxygens (including phenoxy) is 1. The lowest BCUT2D eigenvalue weighted by atomic mass is 10.0. The number of hydrogen-bond acceptors (Lipinski definition) is 3. The fourth-order valence-corrected chi connectivity index (χ4v) is 1.58. The van der Waals surface area contributed by atoms with Crippen molar-refractivity contribution in [2.45, 2.75) is 6.18 Å². The molecule has 1 aromatic heterocycles. The van der Waals surface area contributed by atoms with Gasteiger partial charge in [0, 0.05) is 0 Å². The Morgan fingerprint density at radius 2 is 2.11 bits per heavy atom. The molecule has 0 atom stereocenters. The number of methoxy groups -OCH3 is 1. The zero-order chi connectivity index (χ0) is 14.0. The van der Waals surface area contributed by atoms with E-state index in [2.05, 4.69) is 9.97 Å². The summed E-state index contributed by atoms with van der Waals surface area (Å²) in [5.41, 5.74) is -0.650. The molecule has 7 heteroatoms. The average molecular weight is 270 g/mol. The first-order chi connectivity index (χ1) is 8.93. The van der Waals surface area contributed by atoms with Crippen LogP contribution in [0.3, 0.4) is 0 Å². The number of alkyl halides is 3. The topological polar surface area (TPSA) is 55.0 Å². The standard InChI is InChI=1S/C12H9F3N2O2/c1-19-10-4-7(12(13,14)15)2-3-8(10)11(18)9-5-16-6-17-9/h2-6H,1H3,(H,16,17). The summed E-state index contributed by atoms with van der Waals surface area (Å²) >= 11 is 0.